The molecule has 2 aromatic heterocycles. The van der Waals surface area contributed by atoms with Crippen molar-refractivity contribution >= 4 is 40.0 Å². The van der Waals surface area contributed by atoms with Crippen LogP contribution in [0.15, 0.2) is 53.6 Å². The molecule has 30 heavy (non-hydrogen) atoms. The molecule has 0 saturated heterocycles. The van der Waals surface area contributed by atoms with Crippen molar-refractivity contribution in [3.8, 4) is 5.13 Å². The lowest BCUT2D eigenvalue weighted by molar-refractivity contribution is 0.104. The lowest BCUT2D eigenvalue weighted by Gasteiger charge is -2.10. The molecule has 1 fully saturated rings. The van der Waals surface area contributed by atoms with Crippen molar-refractivity contribution in [2.45, 2.75) is 37.1 Å². The number of nitrogens with zero attached hydrogens (tertiary/aromatic N) is 3. The number of carbonyl (C=O) groups is 1. The first kappa shape index (κ1) is 19.4. The fourth-order valence-electron chi connectivity index (χ4n) is 3.22. The van der Waals surface area contributed by atoms with Crippen LogP contribution in [0.4, 0.5) is 4.39 Å². The molecule has 0 spiro atoms. The Balaban J connectivity index is 1.60. The second kappa shape index (κ2) is 7.30. The molecule has 5 rings (SSSR count). The molecular formula is C22H19FN4OS2. The molecule has 1 N–H and O–H groups in total. The van der Waals surface area contributed by atoms with Gasteiger partial charge in [-0.25, -0.2) is 4.39 Å². The number of aryl methyl sites for hydroxylation is 1. The Morgan fingerprint density at radius 1 is 1.20 bits per heavy atom. The van der Waals surface area contributed by atoms with Crippen LogP contribution in [0.25, 0.3) is 16.0 Å². The highest BCUT2D eigenvalue weighted by Gasteiger charge is 2.37. The predicted octanol–water partition coefficient (Wildman–Crippen LogP) is 5.31. The number of halogens is 1. The summed E-state index contributed by atoms with van der Waals surface area (Å²) in [5.74, 6) is -0.513. The quantitative estimate of drug-likeness (QED) is 0.327. The fraction of sp³-hybridized carbons (Fsp3) is 0.227. The Morgan fingerprint density at radius 2 is 1.97 bits per heavy atom. The Kier molecular flexibility index (Phi) is 4.72. The molecule has 0 radical (unpaired) electrons. The maximum absolute atomic E-state index is 13.3. The van der Waals surface area contributed by atoms with Gasteiger partial charge < -0.3 is 0 Å². The van der Waals surface area contributed by atoms with Crippen molar-refractivity contribution in [2.75, 3.05) is 0 Å². The van der Waals surface area contributed by atoms with E-state index < -0.39 is 0 Å². The van der Waals surface area contributed by atoms with Gasteiger partial charge in [0.05, 0.1) is 5.52 Å². The molecule has 0 unspecified atom stereocenters. The van der Waals surface area contributed by atoms with Gasteiger partial charge in [-0.2, -0.15) is 0 Å². The summed E-state index contributed by atoms with van der Waals surface area (Å²) in [6.45, 7) is 4.11. The number of fused-ring (bicyclic) bond motifs is 1. The van der Waals surface area contributed by atoms with Gasteiger partial charge in [0.1, 0.15) is 10.8 Å². The summed E-state index contributed by atoms with van der Waals surface area (Å²) >= 11 is 3.08. The van der Waals surface area contributed by atoms with Crippen LogP contribution in [0.1, 0.15) is 40.7 Å². The predicted molar refractivity (Wildman–Crippen MR) is 118 cm³/mol. The van der Waals surface area contributed by atoms with Crippen LogP contribution in [0.3, 0.4) is 0 Å². The van der Waals surface area contributed by atoms with Crippen molar-refractivity contribution < 1.29 is 9.18 Å². The first-order valence-electron chi connectivity index (χ1n) is 9.62. The summed E-state index contributed by atoms with van der Waals surface area (Å²) < 4.78 is 18.7. The molecule has 1 aliphatic carbocycles. The SMILES string of the molecule is Cc1nnc(-n2cc(C(=O)c3ccc(F)cc3)c3ccc(SNC4(C)CC4)cc32)s1. The average molecular weight is 439 g/mol. The summed E-state index contributed by atoms with van der Waals surface area (Å²) in [6.07, 6.45) is 4.17. The van der Waals surface area contributed by atoms with E-state index in [1.807, 2.05) is 23.6 Å². The summed E-state index contributed by atoms with van der Waals surface area (Å²) in [6, 6.07) is 11.7. The van der Waals surface area contributed by atoms with Gasteiger partial charge in [-0.15, -0.1) is 10.2 Å². The molecule has 2 heterocycles. The molecule has 1 saturated carbocycles. The van der Waals surface area contributed by atoms with Crippen molar-refractivity contribution in [2.24, 2.45) is 0 Å². The van der Waals surface area contributed by atoms with E-state index in [-0.39, 0.29) is 17.1 Å². The summed E-state index contributed by atoms with van der Waals surface area (Å²) in [7, 11) is 0. The molecule has 0 amide bonds. The molecular weight excluding hydrogens is 419 g/mol. The zero-order valence-electron chi connectivity index (χ0n) is 16.5. The molecule has 0 atom stereocenters. The zero-order chi connectivity index (χ0) is 20.9. The fourth-order valence-corrected chi connectivity index (χ4v) is 4.77. The van der Waals surface area contributed by atoms with Gasteiger partial charge in [0.25, 0.3) is 0 Å². The average Bonchev–Trinajstić information content (AvgIpc) is 3.15. The number of aromatic nitrogens is 3. The highest BCUT2D eigenvalue weighted by molar-refractivity contribution is 7.97. The van der Waals surface area contributed by atoms with Crippen LogP contribution >= 0.6 is 23.3 Å². The molecule has 1 aliphatic rings. The number of hydrogen-bond donors (Lipinski definition) is 1. The number of hydrogen-bond acceptors (Lipinski definition) is 6. The van der Waals surface area contributed by atoms with E-state index in [1.54, 1.807) is 18.1 Å². The third-order valence-corrected chi connectivity index (χ3v) is 7.19. The van der Waals surface area contributed by atoms with Crippen LogP contribution in [-0.4, -0.2) is 26.1 Å². The Labute approximate surface area is 181 Å². The maximum atomic E-state index is 13.3. The molecule has 0 aliphatic heterocycles. The first-order chi connectivity index (χ1) is 14.4. The Hall–Kier alpha value is -2.55. The molecule has 152 valence electrons. The monoisotopic (exact) mass is 438 g/mol. The van der Waals surface area contributed by atoms with Gasteiger partial charge in [-0.1, -0.05) is 17.4 Å². The van der Waals surface area contributed by atoms with Crippen molar-refractivity contribution in [1.82, 2.24) is 19.5 Å². The van der Waals surface area contributed by atoms with E-state index in [4.69, 9.17) is 0 Å². The van der Waals surface area contributed by atoms with Gasteiger partial charge in [0.15, 0.2) is 5.78 Å². The van der Waals surface area contributed by atoms with E-state index in [0.29, 0.717) is 16.3 Å². The van der Waals surface area contributed by atoms with Crippen molar-refractivity contribution in [1.29, 1.82) is 0 Å². The highest BCUT2D eigenvalue weighted by Crippen LogP contribution is 2.38. The largest absolute Gasteiger partial charge is 0.290 e. The molecule has 5 nitrogen and oxygen atoms in total. The van der Waals surface area contributed by atoms with Crippen LogP contribution in [0.2, 0.25) is 0 Å². The second-order valence-corrected chi connectivity index (χ2v) is 9.84. The van der Waals surface area contributed by atoms with Crippen LogP contribution < -0.4 is 4.72 Å². The molecule has 0 bridgehead atoms. The summed E-state index contributed by atoms with van der Waals surface area (Å²) in [4.78, 5) is 14.3. The van der Waals surface area contributed by atoms with Gasteiger partial charge in [-0.3, -0.25) is 14.1 Å². The summed E-state index contributed by atoms with van der Waals surface area (Å²) in [5, 5.41) is 10.8. The van der Waals surface area contributed by atoms with Gasteiger partial charge in [0.2, 0.25) is 5.13 Å². The Morgan fingerprint density at radius 3 is 2.63 bits per heavy atom. The molecule has 8 heteroatoms. The van der Waals surface area contributed by atoms with Crippen molar-refractivity contribution in [3.63, 3.8) is 0 Å². The van der Waals surface area contributed by atoms with E-state index in [2.05, 4.69) is 27.9 Å². The van der Waals surface area contributed by atoms with Gasteiger partial charge in [0, 0.05) is 33.1 Å². The minimum absolute atomic E-state index is 0.149. The number of benzene rings is 2. The number of nitrogens with one attached hydrogen (secondary N) is 1. The van der Waals surface area contributed by atoms with Gasteiger partial charge in [-0.05, 0) is 75.0 Å². The van der Waals surface area contributed by atoms with E-state index in [1.165, 1.54) is 48.4 Å². The minimum Gasteiger partial charge on any atom is -0.290 e. The third-order valence-electron chi connectivity index (χ3n) is 5.26. The maximum Gasteiger partial charge on any atom is 0.216 e. The second-order valence-electron chi connectivity index (χ2n) is 7.80. The van der Waals surface area contributed by atoms with Crippen LogP contribution in [0, 0.1) is 12.7 Å². The van der Waals surface area contributed by atoms with E-state index in [9.17, 15) is 9.18 Å². The molecule has 2 aromatic carbocycles. The van der Waals surface area contributed by atoms with E-state index in [0.717, 1.165) is 20.8 Å². The minimum atomic E-state index is -0.364. The summed E-state index contributed by atoms with van der Waals surface area (Å²) in [5.41, 5.74) is 2.11. The lowest BCUT2D eigenvalue weighted by atomic mass is 10.0. The standard InChI is InChI=1S/C22H19FN4OS2/c1-13-24-25-21(29-13)27-12-18(20(28)14-3-5-15(23)6-4-14)17-8-7-16(11-19(17)27)30-26-22(2)9-10-22/h3-8,11-12,26H,9-10H2,1-2H3. The first-order valence-corrected chi connectivity index (χ1v) is 11.3. The smallest absolute Gasteiger partial charge is 0.216 e. The number of ketones is 1. The zero-order valence-corrected chi connectivity index (χ0v) is 18.1. The highest BCUT2D eigenvalue weighted by atomic mass is 32.2. The Bertz CT molecular complexity index is 1260. The van der Waals surface area contributed by atoms with Crippen LogP contribution in [0.5, 0.6) is 0 Å². The topological polar surface area (TPSA) is 59.8 Å². The number of rotatable bonds is 6. The van der Waals surface area contributed by atoms with Gasteiger partial charge >= 0.3 is 0 Å². The van der Waals surface area contributed by atoms with E-state index >= 15 is 0 Å². The molecule has 4 aromatic rings. The number of carbonyl (C=O) groups excluding carboxylic acids is 1. The third kappa shape index (κ3) is 3.66. The van der Waals surface area contributed by atoms with Crippen molar-refractivity contribution in [3.05, 3.63) is 70.6 Å². The normalized spacial score (nSPS) is 14.9. The van der Waals surface area contributed by atoms with Crippen LogP contribution in [-0.2, 0) is 0 Å². The lowest BCUT2D eigenvalue weighted by Crippen LogP contribution is -2.19.